The zero-order chi connectivity index (χ0) is 22.4. The Bertz CT molecular complexity index is 745. The van der Waals surface area contributed by atoms with Gasteiger partial charge in [-0.15, -0.1) is 0 Å². The molecule has 0 saturated carbocycles. The Kier molecular flexibility index (Phi) is 7.93. The van der Waals surface area contributed by atoms with Crippen LogP contribution in [-0.4, -0.2) is 82.0 Å². The molecule has 0 unspecified atom stereocenters. The molecule has 4 N–H and O–H groups in total. The molecule has 0 aromatic carbocycles. The highest BCUT2D eigenvalue weighted by Crippen LogP contribution is 2.39. The standard InChI is InChI=1S/C18H28N4O5.CH2O2/c1-12-10-14(21-27-12)19-15(24)11-22-7-4-18(5-8-22)16(25)17(3,6-9-26-18)20-13(2)23;2-1-3/h10,16,25H,4-9,11H2,1-3H3,(H,20,23)(H,19,21,24);1H,(H,2,3)/t16-,17+;/m1./s1. The van der Waals surface area contributed by atoms with E-state index < -0.39 is 17.2 Å². The molecule has 1 aromatic heterocycles. The largest absolute Gasteiger partial charge is 0.483 e. The van der Waals surface area contributed by atoms with Crippen LogP contribution in [-0.2, 0) is 19.1 Å². The third-order valence-corrected chi connectivity index (χ3v) is 5.54. The molecule has 2 aliphatic heterocycles. The molecular weight excluding hydrogens is 396 g/mol. The summed E-state index contributed by atoms with van der Waals surface area (Å²) in [5.41, 5.74) is -1.39. The molecule has 30 heavy (non-hydrogen) atoms. The number of aliphatic hydroxyl groups is 1. The first-order chi connectivity index (χ1) is 14.1. The van der Waals surface area contributed by atoms with E-state index in [0.717, 1.165) is 0 Å². The number of aryl methyl sites for hydroxylation is 1. The highest BCUT2D eigenvalue weighted by atomic mass is 16.5. The van der Waals surface area contributed by atoms with Gasteiger partial charge in [0.2, 0.25) is 11.8 Å². The number of nitrogens with zero attached hydrogens (tertiary/aromatic N) is 2. The molecule has 1 spiro atoms. The first-order valence-electron chi connectivity index (χ1n) is 9.78. The minimum absolute atomic E-state index is 0.160. The van der Waals surface area contributed by atoms with Gasteiger partial charge < -0.3 is 30.1 Å². The second-order valence-corrected chi connectivity index (χ2v) is 7.92. The summed E-state index contributed by atoms with van der Waals surface area (Å²) in [5, 5.41) is 27.2. The minimum atomic E-state index is -0.795. The quantitative estimate of drug-likeness (QED) is 0.492. The Morgan fingerprint density at radius 2 is 2.00 bits per heavy atom. The lowest BCUT2D eigenvalue weighted by molar-refractivity contribution is -0.207. The first kappa shape index (κ1) is 23.8. The third-order valence-electron chi connectivity index (χ3n) is 5.54. The molecular formula is C19H30N4O7. The zero-order valence-corrected chi connectivity index (χ0v) is 17.5. The van der Waals surface area contributed by atoms with Crippen molar-refractivity contribution in [2.24, 2.45) is 0 Å². The van der Waals surface area contributed by atoms with Crippen LogP contribution in [0, 0.1) is 6.92 Å². The average Bonchev–Trinajstić information content (AvgIpc) is 3.06. The second kappa shape index (κ2) is 10.0. The van der Waals surface area contributed by atoms with Gasteiger partial charge >= 0.3 is 0 Å². The van der Waals surface area contributed by atoms with Gasteiger partial charge in [-0.25, -0.2) is 0 Å². The van der Waals surface area contributed by atoms with Gasteiger partial charge in [0.25, 0.3) is 6.47 Å². The summed E-state index contributed by atoms with van der Waals surface area (Å²) in [6.07, 6.45) is 0.967. The number of carbonyl (C=O) groups excluding carboxylic acids is 2. The summed E-state index contributed by atoms with van der Waals surface area (Å²) in [6, 6.07) is 1.66. The lowest BCUT2D eigenvalue weighted by Crippen LogP contribution is -2.69. The van der Waals surface area contributed by atoms with Crippen molar-refractivity contribution >= 4 is 24.1 Å². The number of hydrogen-bond acceptors (Lipinski definition) is 8. The van der Waals surface area contributed by atoms with Crippen molar-refractivity contribution in [1.82, 2.24) is 15.4 Å². The topological polar surface area (TPSA) is 154 Å². The van der Waals surface area contributed by atoms with Gasteiger partial charge in [-0.3, -0.25) is 19.3 Å². The van der Waals surface area contributed by atoms with Crippen LogP contribution in [0.15, 0.2) is 10.6 Å². The molecule has 3 heterocycles. The van der Waals surface area contributed by atoms with Crippen molar-refractivity contribution in [1.29, 1.82) is 0 Å². The van der Waals surface area contributed by atoms with E-state index in [-0.39, 0.29) is 24.8 Å². The molecule has 11 nitrogen and oxygen atoms in total. The average molecular weight is 426 g/mol. The van der Waals surface area contributed by atoms with Crippen LogP contribution in [0.4, 0.5) is 5.82 Å². The van der Waals surface area contributed by atoms with E-state index in [1.54, 1.807) is 13.0 Å². The maximum Gasteiger partial charge on any atom is 0.290 e. The number of amides is 2. The van der Waals surface area contributed by atoms with Crippen molar-refractivity contribution < 1.29 is 33.9 Å². The van der Waals surface area contributed by atoms with Crippen LogP contribution in [0.1, 0.15) is 38.9 Å². The smallest absolute Gasteiger partial charge is 0.290 e. The lowest BCUT2D eigenvalue weighted by atomic mass is 9.73. The van der Waals surface area contributed by atoms with Crippen LogP contribution in [0.5, 0.6) is 0 Å². The lowest BCUT2D eigenvalue weighted by Gasteiger charge is -2.53. The van der Waals surface area contributed by atoms with Crippen LogP contribution in [0.25, 0.3) is 0 Å². The van der Waals surface area contributed by atoms with E-state index in [0.29, 0.717) is 50.5 Å². The summed E-state index contributed by atoms with van der Waals surface area (Å²) < 4.78 is 10.9. The van der Waals surface area contributed by atoms with Gasteiger partial charge in [0, 0.05) is 32.7 Å². The number of piperidine rings is 1. The Morgan fingerprint density at radius 3 is 2.53 bits per heavy atom. The van der Waals surface area contributed by atoms with Crippen molar-refractivity contribution in [3.05, 3.63) is 11.8 Å². The second-order valence-electron chi connectivity index (χ2n) is 7.92. The number of likely N-dealkylation sites (tertiary alicyclic amines) is 1. The van der Waals surface area contributed by atoms with Gasteiger partial charge in [0.15, 0.2) is 5.82 Å². The Morgan fingerprint density at radius 1 is 1.37 bits per heavy atom. The molecule has 2 aliphatic rings. The van der Waals surface area contributed by atoms with Crippen molar-refractivity contribution in [3.63, 3.8) is 0 Å². The molecule has 1 aromatic rings. The van der Waals surface area contributed by atoms with Crippen LogP contribution in [0.3, 0.4) is 0 Å². The van der Waals surface area contributed by atoms with E-state index >= 15 is 0 Å². The van der Waals surface area contributed by atoms with Crippen LogP contribution in [0.2, 0.25) is 0 Å². The number of rotatable bonds is 4. The maximum atomic E-state index is 12.2. The van der Waals surface area contributed by atoms with Gasteiger partial charge in [-0.05, 0) is 33.1 Å². The van der Waals surface area contributed by atoms with Gasteiger partial charge in [-0.2, -0.15) is 0 Å². The molecule has 168 valence electrons. The fourth-order valence-corrected chi connectivity index (χ4v) is 4.11. The molecule has 0 bridgehead atoms. The number of aliphatic hydroxyl groups excluding tert-OH is 1. The fourth-order valence-electron chi connectivity index (χ4n) is 4.11. The number of anilines is 1. The van der Waals surface area contributed by atoms with E-state index in [1.807, 2.05) is 11.8 Å². The van der Waals surface area contributed by atoms with Gasteiger partial charge in [0.1, 0.15) is 11.9 Å². The molecule has 2 fully saturated rings. The van der Waals surface area contributed by atoms with E-state index in [4.69, 9.17) is 19.2 Å². The normalized spacial score (nSPS) is 25.7. The fraction of sp³-hybridized carbons (Fsp3) is 0.684. The van der Waals surface area contributed by atoms with Crippen molar-refractivity contribution in [2.75, 3.05) is 31.6 Å². The number of carboxylic acid groups (broad SMARTS) is 1. The Hall–Kier alpha value is -2.50. The highest BCUT2D eigenvalue weighted by molar-refractivity contribution is 5.91. The van der Waals surface area contributed by atoms with Crippen LogP contribution >= 0.6 is 0 Å². The molecule has 0 radical (unpaired) electrons. The molecule has 11 heteroatoms. The summed E-state index contributed by atoms with van der Waals surface area (Å²) in [6.45, 7) is 6.80. The van der Waals surface area contributed by atoms with E-state index in [2.05, 4.69) is 15.8 Å². The monoisotopic (exact) mass is 426 g/mol. The van der Waals surface area contributed by atoms with Crippen molar-refractivity contribution in [2.45, 2.75) is 57.3 Å². The number of nitrogens with one attached hydrogen (secondary N) is 2. The Balaban J connectivity index is 0.00000101. The summed E-state index contributed by atoms with van der Waals surface area (Å²) in [4.78, 5) is 34.1. The van der Waals surface area contributed by atoms with Crippen molar-refractivity contribution in [3.8, 4) is 0 Å². The summed E-state index contributed by atoms with van der Waals surface area (Å²) in [7, 11) is 0. The van der Waals surface area contributed by atoms with E-state index in [9.17, 15) is 14.7 Å². The number of ether oxygens (including phenoxy) is 1. The summed E-state index contributed by atoms with van der Waals surface area (Å²) >= 11 is 0. The molecule has 0 aliphatic carbocycles. The summed E-state index contributed by atoms with van der Waals surface area (Å²) in [5.74, 6) is 0.720. The molecule has 2 amide bonds. The first-order valence-corrected chi connectivity index (χ1v) is 9.78. The maximum absolute atomic E-state index is 12.2. The number of carbonyl (C=O) groups is 3. The molecule has 3 rings (SSSR count). The third kappa shape index (κ3) is 5.77. The predicted molar refractivity (Wildman–Crippen MR) is 106 cm³/mol. The molecule has 2 saturated heterocycles. The number of aromatic nitrogens is 1. The zero-order valence-electron chi connectivity index (χ0n) is 17.5. The Labute approximate surface area is 174 Å². The minimum Gasteiger partial charge on any atom is -0.483 e. The number of hydrogen-bond donors (Lipinski definition) is 4. The molecule has 2 atom stereocenters. The van der Waals surface area contributed by atoms with Gasteiger partial charge in [0.05, 0.1) is 17.7 Å². The van der Waals surface area contributed by atoms with Gasteiger partial charge in [-0.1, -0.05) is 5.16 Å². The SMILES string of the molecule is CC(=O)N[C@@]1(C)CCOC2(CCN(CC(=O)Nc3cc(C)on3)CC2)[C@@H]1O.O=CO. The predicted octanol–water partition coefficient (Wildman–Crippen LogP) is 0.133. The van der Waals surface area contributed by atoms with E-state index in [1.165, 1.54) is 6.92 Å². The van der Waals surface area contributed by atoms with Crippen LogP contribution < -0.4 is 10.6 Å². The highest BCUT2D eigenvalue weighted by Gasteiger charge is 2.53.